The molecule has 6 nitrogen and oxygen atoms in total. The number of benzene rings is 1. The number of carbonyl (C=O) groups is 1. The molecule has 7 heteroatoms. The first-order chi connectivity index (χ1) is 9.99. The SMILES string of the molecule is CN(CC1CCCCO1)C(=O)c1ccc(Br)c([N+](=O)[O-])c1. The van der Waals surface area contributed by atoms with E-state index in [1.165, 1.54) is 12.1 Å². The number of amides is 1. The van der Waals surface area contributed by atoms with Gasteiger partial charge in [0, 0.05) is 31.8 Å². The second-order valence-corrected chi connectivity index (χ2v) is 5.95. The van der Waals surface area contributed by atoms with Gasteiger partial charge in [0.05, 0.1) is 15.5 Å². The summed E-state index contributed by atoms with van der Waals surface area (Å²) in [5.41, 5.74) is 0.200. The third-order valence-corrected chi connectivity index (χ3v) is 4.16. The average molecular weight is 357 g/mol. The molecule has 1 aromatic carbocycles. The van der Waals surface area contributed by atoms with Gasteiger partial charge < -0.3 is 9.64 Å². The Morgan fingerprint density at radius 3 is 2.90 bits per heavy atom. The molecule has 0 N–H and O–H groups in total. The molecule has 1 heterocycles. The number of halogens is 1. The number of hydrogen-bond donors (Lipinski definition) is 0. The molecule has 1 amide bonds. The number of ether oxygens (including phenoxy) is 1. The molecule has 21 heavy (non-hydrogen) atoms. The number of carbonyl (C=O) groups excluding carboxylic acids is 1. The number of nitro benzene ring substituents is 1. The number of likely N-dealkylation sites (N-methyl/N-ethyl adjacent to an activating group) is 1. The van der Waals surface area contributed by atoms with Crippen LogP contribution in [0.1, 0.15) is 29.6 Å². The Labute approximate surface area is 131 Å². The Morgan fingerprint density at radius 1 is 1.52 bits per heavy atom. The van der Waals surface area contributed by atoms with Crippen LogP contribution in [-0.4, -0.2) is 42.0 Å². The molecule has 0 bridgehead atoms. The Hall–Kier alpha value is -1.47. The summed E-state index contributed by atoms with van der Waals surface area (Å²) in [7, 11) is 1.69. The Bertz CT molecular complexity index is 544. The number of nitro groups is 1. The molecule has 1 fully saturated rings. The van der Waals surface area contributed by atoms with Gasteiger partial charge in [0.25, 0.3) is 11.6 Å². The fraction of sp³-hybridized carbons (Fsp3) is 0.500. The molecule has 0 aliphatic carbocycles. The van der Waals surface area contributed by atoms with E-state index < -0.39 is 4.92 Å². The van der Waals surface area contributed by atoms with Gasteiger partial charge in [-0.2, -0.15) is 0 Å². The Kier molecular flexibility index (Phi) is 5.30. The number of hydrogen-bond acceptors (Lipinski definition) is 4. The van der Waals surface area contributed by atoms with Crippen LogP contribution in [-0.2, 0) is 4.74 Å². The summed E-state index contributed by atoms with van der Waals surface area (Å²) in [4.78, 5) is 24.3. The highest BCUT2D eigenvalue weighted by Gasteiger charge is 2.22. The van der Waals surface area contributed by atoms with Crippen molar-refractivity contribution in [2.24, 2.45) is 0 Å². The van der Waals surface area contributed by atoms with Crippen molar-refractivity contribution in [2.45, 2.75) is 25.4 Å². The maximum atomic E-state index is 12.3. The van der Waals surface area contributed by atoms with E-state index in [1.54, 1.807) is 18.0 Å². The molecule has 1 aliphatic heterocycles. The van der Waals surface area contributed by atoms with Gasteiger partial charge in [-0.15, -0.1) is 0 Å². The third kappa shape index (κ3) is 4.01. The first kappa shape index (κ1) is 15.9. The van der Waals surface area contributed by atoms with Crippen LogP contribution in [0.25, 0.3) is 0 Å². The number of nitrogens with zero attached hydrogens (tertiary/aromatic N) is 2. The van der Waals surface area contributed by atoms with Crippen molar-refractivity contribution < 1.29 is 14.5 Å². The minimum absolute atomic E-state index is 0.0538. The zero-order valence-corrected chi connectivity index (χ0v) is 13.3. The molecule has 1 unspecified atom stereocenters. The molecule has 1 aromatic rings. The quantitative estimate of drug-likeness (QED) is 0.613. The minimum Gasteiger partial charge on any atom is -0.376 e. The molecule has 0 spiro atoms. The summed E-state index contributed by atoms with van der Waals surface area (Å²) in [5.74, 6) is -0.236. The normalized spacial score (nSPS) is 18.3. The number of rotatable bonds is 4. The maximum absolute atomic E-state index is 12.3. The zero-order valence-electron chi connectivity index (χ0n) is 11.8. The second kappa shape index (κ2) is 7.00. The first-order valence-electron chi connectivity index (χ1n) is 6.80. The van der Waals surface area contributed by atoms with E-state index in [1.807, 2.05) is 0 Å². The Morgan fingerprint density at radius 2 is 2.29 bits per heavy atom. The monoisotopic (exact) mass is 356 g/mol. The average Bonchev–Trinajstić information content (AvgIpc) is 2.47. The van der Waals surface area contributed by atoms with Gasteiger partial charge in [0.2, 0.25) is 0 Å². The van der Waals surface area contributed by atoms with E-state index in [4.69, 9.17) is 4.74 Å². The van der Waals surface area contributed by atoms with Crippen molar-refractivity contribution in [1.29, 1.82) is 0 Å². The van der Waals surface area contributed by atoms with Gasteiger partial charge in [-0.05, 0) is 47.3 Å². The van der Waals surface area contributed by atoms with Crippen molar-refractivity contribution in [3.8, 4) is 0 Å². The van der Waals surface area contributed by atoms with Crippen LogP contribution in [0.2, 0.25) is 0 Å². The van der Waals surface area contributed by atoms with E-state index in [0.717, 1.165) is 25.9 Å². The van der Waals surface area contributed by atoms with Crippen molar-refractivity contribution in [3.05, 3.63) is 38.3 Å². The minimum atomic E-state index is -0.509. The van der Waals surface area contributed by atoms with E-state index >= 15 is 0 Å². The summed E-state index contributed by atoms with van der Waals surface area (Å²) in [6.07, 6.45) is 3.17. The van der Waals surface area contributed by atoms with Gasteiger partial charge in [-0.1, -0.05) is 0 Å². The highest BCUT2D eigenvalue weighted by atomic mass is 79.9. The molecular weight excluding hydrogens is 340 g/mol. The fourth-order valence-electron chi connectivity index (χ4n) is 2.35. The molecule has 1 aliphatic rings. The van der Waals surface area contributed by atoms with Crippen molar-refractivity contribution in [3.63, 3.8) is 0 Å². The van der Waals surface area contributed by atoms with Crippen LogP contribution in [0.15, 0.2) is 22.7 Å². The lowest BCUT2D eigenvalue weighted by Gasteiger charge is -2.27. The predicted molar refractivity (Wildman–Crippen MR) is 81.3 cm³/mol. The highest BCUT2D eigenvalue weighted by molar-refractivity contribution is 9.10. The van der Waals surface area contributed by atoms with Crippen molar-refractivity contribution >= 4 is 27.5 Å². The second-order valence-electron chi connectivity index (χ2n) is 5.10. The van der Waals surface area contributed by atoms with Crippen LogP contribution >= 0.6 is 15.9 Å². The van der Waals surface area contributed by atoms with Gasteiger partial charge in [-0.25, -0.2) is 0 Å². The molecule has 0 saturated carbocycles. The summed E-state index contributed by atoms with van der Waals surface area (Å²) in [5, 5.41) is 10.9. The predicted octanol–water partition coefficient (Wildman–Crippen LogP) is 3.00. The van der Waals surface area contributed by atoms with Crippen LogP contribution in [0, 0.1) is 10.1 Å². The lowest BCUT2D eigenvalue weighted by molar-refractivity contribution is -0.385. The van der Waals surface area contributed by atoms with E-state index in [9.17, 15) is 14.9 Å². The third-order valence-electron chi connectivity index (χ3n) is 3.49. The highest BCUT2D eigenvalue weighted by Crippen LogP contribution is 2.26. The standard InChI is InChI=1S/C14H17BrN2O4/c1-16(9-11-4-2-3-7-21-11)14(18)10-5-6-12(15)13(8-10)17(19)20/h5-6,8,11H,2-4,7,9H2,1H3. The van der Waals surface area contributed by atoms with Gasteiger partial charge in [-0.3, -0.25) is 14.9 Å². The lowest BCUT2D eigenvalue weighted by Crippen LogP contribution is -2.37. The molecule has 0 aromatic heterocycles. The van der Waals surface area contributed by atoms with Gasteiger partial charge >= 0.3 is 0 Å². The lowest BCUT2D eigenvalue weighted by atomic mass is 10.1. The maximum Gasteiger partial charge on any atom is 0.284 e. The molecule has 114 valence electrons. The summed E-state index contributed by atoms with van der Waals surface area (Å²) in [6.45, 7) is 1.24. The first-order valence-corrected chi connectivity index (χ1v) is 7.59. The van der Waals surface area contributed by atoms with Gasteiger partial charge in [0.1, 0.15) is 0 Å². The van der Waals surface area contributed by atoms with Crippen molar-refractivity contribution in [2.75, 3.05) is 20.2 Å². The summed E-state index contributed by atoms with van der Waals surface area (Å²) in [6, 6.07) is 4.40. The topological polar surface area (TPSA) is 72.7 Å². The fourth-order valence-corrected chi connectivity index (χ4v) is 2.74. The summed E-state index contributed by atoms with van der Waals surface area (Å²) >= 11 is 3.11. The summed E-state index contributed by atoms with van der Waals surface area (Å²) < 4.78 is 5.97. The molecule has 2 rings (SSSR count). The van der Waals surface area contributed by atoms with E-state index in [2.05, 4.69) is 15.9 Å². The smallest absolute Gasteiger partial charge is 0.284 e. The van der Waals surface area contributed by atoms with Crippen LogP contribution < -0.4 is 0 Å². The van der Waals surface area contributed by atoms with E-state index in [-0.39, 0.29) is 17.7 Å². The van der Waals surface area contributed by atoms with Crippen molar-refractivity contribution in [1.82, 2.24) is 4.90 Å². The molecule has 0 radical (unpaired) electrons. The van der Waals surface area contributed by atoms with Crippen LogP contribution in [0.3, 0.4) is 0 Å². The van der Waals surface area contributed by atoms with Crippen LogP contribution in [0.4, 0.5) is 5.69 Å². The van der Waals surface area contributed by atoms with E-state index in [0.29, 0.717) is 16.6 Å². The molecular formula is C14H17BrN2O4. The van der Waals surface area contributed by atoms with Gasteiger partial charge in [0.15, 0.2) is 0 Å². The largest absolute Gasteiger partial charge is 0.376 e. The Balaban J connectivity index is 2.08. The van der Waals surface area contributed by atoms with Crippen LogP contribution in [0.5, 0.6) is 0 Å². The molecule has 1 saturated heterocycles. The molecule has 1 atom stereocenters. The zero-order chi connectivity index (χ0) is 15.4.